The summed E-state index contributed by atoms with van der Waals surface area (Å²) in [6.45, 7) is 4.99. The van der Waals surface area contributed by atoms with Crippen LogP contribution in [0.2, 0.25) is 0 Å². The normalized spacial score (nSPS) is 10.4. The Labute approximate surface area is 113 Å². The molecule has 0 unspecified atom stereocenters. The molecule has 100 valence electrons. The number of allylic oxidation sites excluding steroid dienone is 1. The van der Waals surface area contributed by atoms with Gasteiger partial charge in [-0.3, -0.25) is 0 Å². The molecule has 3 nitrogen and oxygen atoms in total. The van der Waals surface area contributed by atoms with Crippen molar-refractivity contribution in [3.63, 3.8) is 0 Å². The lowest BCUT2D eigenvalue weighted by molar-refractivity contribution is 0.266. The van der Waals surface area contributed by atoms with E-state index in [2.05, 4.69) is 11.9 Å². The number of nitrogens with one attached hydrogen (secondary N) is 1. The van der Waals surface area contributed by atoms with Crippen molar-refractivity contribution in [3.05, 3.63) is 66.1 Å². The van der Waals surface area contributed by atoms with E-state index in [1.165, 1.54) is 0 Å². The summed E-state index contributed by atoms with van der Waals surface area (Å²) in [6, 6.07) is 9.96. The van der Waals surface area contributed by atoms with Gasteiger partial charge in [0.15, 0.2) is 0 Å². The van der Waals surface area contributed by atoms with Crippen LogP contribution in [0.5, 0.6) is 5.75 Å². The van der Waals surface area contributed by atoms with Gasteiger partial charge < -0.3 is 14.5 Å². The van der Waals surface area contributed by atoms with Crippen LogP contribution in [0, 0.1) is 0 Å². The molecule has 0 fully saturated rings. The largest absolute Gasteiger partial charge is 0.485 e. The minimum absolute atomic E-state index is 0.443. The lowest BCUT2D eigenvalue weighted by Gasteiger charge is -2.10. The molecule has 0 aliphatic heterocycles. The van der Waals surface area contributed by atoms with Crippen LogP contribution in [-0.2, 0) is 19.6 Å². The van der Waals surface area contributed by atoms with E-state index in [1.54, 1.807) is 6.26 Å². The number of furan rings is 1. The molecular weight excluding hydrogens is 238 g/mol. The van der Waals surface area contributed by atoms with Gasteiger partial charge >= 0.3 is 0 Å². The van der Waals surface area contributed by atoms with E-state index in [0.29, 0.717) is 6.61 Å². The fourth-order valence-corrected chi connectivity index (χ4v) is 1.95. The first-order valence-corrected chi connectivity index (χ1v) is 6.36. The molecule has 1 heterocycles. The van der Waals surface area contributed by atoms with Gasteiger partial charge in [0.1, 0.15) is 18.1 Å². The van der Waals surface area contributed by atoms with Crippen molar-refractivity contribution in [1.82, 2.24) is 5.32 Å². The summed E-state index contributed by atoms with van der Waals surface area (Å²) in [6.07, 6.45) is 4.38. The number of para-hydroxylation sites is 1. The maximum absolute atomic E-state index is 5.85. The Hall–Kier alpha value is -2.00. The van der Waals surface area contributed by atoms with E-state index in [9.17, 15) is 0 Å². The van der Waals surface area contributed by atoms with Crippen molar-refractivity contribution in [2.45, 2.75) is 19.6 Å². The Morgan fingerprint density at radius 1 is 1.26 bits per heavy atom. The third kappa shape index (κ3) is 3.48. The van der Waals surface area contributed by atoms with Gasteiger partial charge in [0, 0.05) is 12.1 Å². The first-order chi connectivity index (χ1) is 9.35. The molecule has 0 atom stereocenters. The lowest BCUT2D eigenvalue weighted by atomic mass is 10.1. The molecule has 0 radical (unpaired) electrons. The summed E-state index contributed by atoms with van der Waals surface area (Å²) in [7, 11) is 1.91. The average Bonchev–Trinajstić information content (AvgIpc) is 2.86. The van der Waals surface area contributed by atoms with Gasteiger partial charge in [-0.25, -0.2) is 0 Å². The third-order valence-electron chi connectivity index (χ3n) is 2.90. The zero-order chi connectivity index (χ0) is 13.5. The molecule has 0 spiro atoms. The molecule has 0 bridgehead atoms. The van der Waals surface area contributed by atoms with E-state index in [-0.39, 0.29) is 0 Å². The van der Waals surface area contributed by atoms with E-state index in [1.807, 2.05) is 43.5 Å². The first-order valence-electron chi connectivity index (χ1n) is 6.36. The highest BCUT2D eigenvalue weighted by atomic mass is 16.5. The predicted octanol–water partition coefficient (Wildman–Crippen LogP) is 3.31. The highest BCUT2D eigenvalue weighted by Gasteiger charge is 2.08. The minimum Gasteiger partial charge on any atom is -0.485 e. The van der Waals surface area contributed by atoms with Gasteiger partial charge in [-0.1, -0.05) is 24.3 Å². The Morgan fingerprint density at radius 2 is 2.11 bits per heavy atom. The van der Waals surface area contributed by atoms with Crippen LogP contribution >= 0.6 is 0 Å². The molecule has 0 saturated carbocycles. The third-order valence-corrected chi connectivity index (χ3v) is 2.90. The number of ether oxygens (including phenoxy) is 1. The molecule has 2 rings (SSSR count). The van der Waals surface area contributed by atoms with Crippen molar-refractivity contribution < 1.29 is 9.15 Å². The van der Waals surface area contributed by atoms with E-state index >= 15 is 0 Å². The number of rotatable bonds is 7. The molecule has 0 aliphatic rings. The lowest BCUT2D eigenvalue weighted by Crippen LogP contribution is -2.07. The van der Waals surface area contributed by atoms with Gasteiger partial charge in [-0.05, 0) is 31.2 Å². The maximum atomic E-state index is 5.85. The highest BCUT2D eigenvalue weighted by Crippen LogP contribution is 2.21. The summed E-state index contributed by atoms with van der Waals surface area (Å²) in [5.41, 5.74) is 2.27. The second kappa shape index (κ2) is 6.81. The number of hydrogen-bond acceptors (Lipinski definition) is 3. The van der Waals surface area contributed by atoms with Crippen LogP contribution in [-0.4, -0.2) is 7.05 Å². The maximum Gasteiger partial charge on any atom is 0.146 e. The fraction of sp³-hybridized carbons (Fsp3) is 0.250. The quantitative estimate of drug-likeness (QED) is 0.773. The molecule has 1 N–H and O–H groups in total. The smallest absolute Gasteiger partial charge is 0.146 e. The first kappa shape index (κ1) is 13.4. The van der Waals surface area contributed by atoms with Crippen LogP contribution in [0.4, 0.5) is 0 Å². The van der Waals surface area contributed by atoms with Crippen LogP contribution in [0.25, 0.3) is 0 Å². The second-order valence-electron chi connectivity index (χ2n) is 4.29. The molecule has 1 aromatic carbocycles. The Balaban J connectivity index is 2.05. The van der Waals surface area contributed by atoms with Gasteiger partial charge in [0.05, 0.1) is 6.26 Å². The highest BCUT2D eigenvalue weighted by molar-refractivity contribution is 5.34. The van der Waals surface area contributed by atoms with Crippen molar-refractivity contribution >= 4 is 0 Å². The summed E-state index contributed by atoms with van der Waals surface area (Å²) >= 11 is 0. The summed E-state index contributed by atoms with van der Waals surface area (Å²) in [5, 5.41) is 3.11. The Bertz CT molecular complexity index is 531. The number of benzene rings is 1. The Kier molecular flexibility index (Phi) is 4.81. The molecular formula is C16H19NO2. The van der Waals surface area contributed by atoms with Crippen LogP contribution < -0.4 is 10.1 Å². The average molecular weight is 257 g/mol. The molecule has 0 saturated heterocycles. The summed E-state index contributed by atoms with van der Waals surface area (Å²) < 4.78 is 11.3. The molecule has 0 amide bonds. The van der Waals surface area contributed by atoms with Gasteiger partial charge in [0.2, 0.25) is 0 Å². The van der Waals surface area contributed by atoms with Crippen molar-refractivity contribution in [2.75, 3.05) is 7.05 Å². The SMILES string of the molecule is C=CCc1ccccc1OCc1occc1CNC. The van der Waals surface area contributed by atoms with E-state index < -0.39 is 0 Å². The van der Waals surface area contributed by atoms with Crippen molar-refractivity contribution in [2.24, 2.45) is 0 Å². The van der Waals surface area contributed by atoms with Gasteiger partial charge in [-0.2, -0.15) is 0 Å². The van der Waals surface area contributed by atoms with Gasteiger partial charge in [-0.15, -0.1) is 6.58 Å². The van der Waals surface area contributed by atoms with Gasteiger partial charge in [0.25, 0.3) is 0 Å². The molecule has 3 heteroatoms. The molecule has 2 aromatic rings. The van der Waals surface area contributed by atoms with Crippen molar-refractivity contribution in [1.29, 1.82) is 0 Å². The monoisotopic (exact) mass is 257 g/mol. The fourth-order valence-electron chi connectivity index (χ4n) is 1.95. The topological polar surface area (TPSA) is 34.4 Å². The molecule has 1 aromatic heterocycles. The van der Waals surface area contributed by atoms with Crippen LogP contribution in [0.3, 0.4) is 0 Å². The minimum atomic E-state index is 0.443. The van der Waals surface area contributed by atoms with Crippen LogP contribution in [0.15, 0.2) is 53.7 Å². The summed E-state index contributed by atoms with van der Waals surface area (Å²) in [4.78, 5) is 0. The van der Waals surface area contributed by atoms with E-state index in [4.69, 9.17) is 9.15 Å². The zero-order valence-electron chi connectivity index (χ0n) is 11.2. The number of hydrogen-bond donors (Lipinski definition) is 1. The summed E-state index contributed by atoms with van der Waals surface area (Å²) in [5.74, 6) is 1.75. The standard InChI is InChI=1S/C16H19NO2/c1-3-6-13-7-4-5-8-15(13)19-12-16-14(11-17-2)9-10-18-16/h3-5,7-10,17H,1,6,11-12H2,2H3. The zero-order valence-corrected chi connectivity index (χ0v) is 11.2. The second-order valence-corrected chi connectivity index (χ2v) is 4.29. The van der Waals surface area contributed by atoms with E-state index in [0.717, 1.165) is 35.6 Å². The molecule has 0 aliphatic carbocycles. The molecule has 19 heavy (non-hydrogen) atoms. The van der Waals surface area contributed by atoms with Crippen LogP contribution in [0.1, 0.15) is 16.9 Å². The van der Waals surface area contributed by atoms with Crippen molar-refractivity contribution in [3.8, 4) is 5.75 Å². The predicted molar refractivity (Wildman–Crippen MR) is 76.1 cm³/mol. The Morgan fingerprint density at radius 3 is 2.89 bits per heavy atom.